The van der Waals surface area contributed by atoms with E-state index in [0.29, 0.717) is 6.92 Å². The molecule has 0 fully saturated rings. The molecule has 0 aliphatic rings. The molecule has 0 aromatic carbocycles. The topological polar surface area (TPSA) is 66.4 Å². The number of carbonyl (C=O) groups is 2. The van der Waals surface area contributed by atoms with E-state index >= 15 is 0 Å². The Bertz CT molecular complexity index is 288. The average Bonchev–Trinajstić information content (AvgIpc) is 1.99. The van der Waals surface area contributed by atoms with Gasteiger partial charge in [-0.3, -0.25) is 4.79 Å². The number of hydrogen-bond donors (Lipinski definition) is 2. The van der Waals surface area contributed by atoms with Crippen molar-refractivity contribution in [3.05, 3.63) is 0 Å². The van der Waals surface area contributed by atoms with Crippen molar-refractivity contribution in [3.8, 4) is 0 Å². The van der Waals surface area contributed by atoms with E-state index in [1.807, 2.05) is 0 Å². The lowest BCUT2D eigenvalue weighted by Crippen LogP contribution is -2.62. The Morgan fingerprint density at radius 1 is 1.31 bits per heavy atom. The molecule has 0 heterocycles. The van der Waals surface area contributed by atoms with Crippen molar-refractivity contribution in [2.45, 2.75) is 38.9 Å². The number of carboxylic acid groups (broad SMARTS) is 1. The van der Waals surface area contributed by atoms with Crippen LogP contribution in [-0.2, 0) is 9.59 Å². The second kappa shape index (κ2) is 4.71. The van der Waals surface area contributed by atoms with E-state index in [9.17, 15) is 22.8 Å². The Labute approximate surface area is 90.8 Å². The zero-order valence-electron chi connectivity index (χ0n) is 9.18. The van der Waals surface area contributed by atoms with Crippen molar-refractivity contribution in [2.75, 3.05) is 0 Å². The summed E-state index contributed by atoms with van der Waals surface area (Å²) in [6.45, 7) is 3.71. The summed E-state index contributed by atoms with van der Waals surface area (Å²) in [6.07, 6.45) is -5.19. The molecule has 1 amide bonds. The first-order valence-corrected chi connectivity index (χ1v) is 4.62. The molecule has 7 heteroatoms. The van der Waals surface area contributed by atoms with E-state index in [0.717, 1.165) is 0 Å². The van der Waals surface area contributed by atoms with E-state index < -0.39 is 23.6 Å². The third kappa shape index (κ3) is 3.39. The standard InChI is InChI=1S/C9H14F3NO3/c1-5(2)4-6(14)13-8(3,7(15)16)9(10,11)12/h5H,4H2,1-3H3,(H,13,14)(H,15,16). The van der Waals surface area contributed by atoms with Crippen LogP contribution in [0.2, 0.25) is 0 Å². The van der Waals surface area contributed by atoms with Gasteiger partial charge in [-0.2, -0.15) is 13.2 Å². The number of aliphatic carboxylic acids is 1. The highest BCUT2D eigenvalue weighted by atomic mass is 19.4. The van der Waals surface area contributed by atoms with Crippen molar-refractivity contribution in [2.24, 2.45) is 5.92 Å². The number of carboxylic acids is 1. The number of halogens is 3. The highest BCUT2D eigenvalue weighted by Crippen LogP contribution is 2.30. The van der Waals surface area contributed by atoms with Gasteiger partial charge in [0.15, 0.2) is 0 Å². The van der Waals surface area contributed by atoms with Gasteiger partial charge in [-0.1, -0.05) is 13.8 Å². The minimum absolute atomic E-state index is 0.147. The second-order valence-corrected chi connectivity index (χ2v) is 4.07. The Morgan fingerprint density at radius 3 is 2.00 bits per heavy atom. The van der Waals surface area contributed by atoms with Crippen LogP contribution in [0.5, 0.6) is 0 Å². The van der Waals surface area contributed by atoms with Crippen molar-refractivity contribution in [1.82, 2.24) is 5.32 Å². The van der Waals surface area contributed by atoms with Crippen LogP contribution in [0.4, 0.5) is 13.2 Å². The molecule has 0 rings (SSSR count). The van der Waals surface area contributed by atoms with E-state index in [2.05, 4.69) is 0 Å². The first-order chi connectivity index (χ1) is 7.00. The number of hydrogen-bond acceptors (Lipinski definition) is 2. The number of amides is 1. The van der Waals surface area contributed by atoms with Gasteiger partial charge in [0, 0.05) is 6.42 Å². The maximum Gasteiger partial charge on any atom is 0.422 e. The molecule has 16 heavy (non-hydrogen) atoms. The maximum absolute atomic E-state index is 12.5. The highest BCUT2D eigenvalue weighted by Gasteiger charge is 2.58. The van der Waals surface area contributed by atoms with Crippen LogP contribution in [0.3, 0.4) is 0 Å². The number of carbonyl (C=O) groups excluding carboxylic acids is 1. The smallest absolute Gasteiger partial charge is 0.422 e. The lowest BCUT2D eigenvalue weighted by atomic mass is 10.0. The van der Waals surface area contributed by atoms with Crippen LogP contribution < -0.4 is 5.32 Å². The van der Waals surface area contributed by atoms with Crippen molar-refractivity contribution in [1.29, 1.82) is 0 Å². The molecule has 1 unspecified atom stereocenters. The van der Waals surface area contributed by atoms with Gasteiger partial charge < -0.3 is 10.4 Å². The van der Waals surface area contributed by atoms with Crippen LogP contribution in [0, 0.1) is 5.92 Å². The molecule has 4 nitrogen and oxygen atoms in total. The van der Waals surface area contributed by atoms with Crippen molar-refractivity contribution in [3.63, 3.8) is 0 Å². The molecular formula is C9H14F3NO3. The Kier molecular flexibility index (Phi) is 4.34. The Balaban J connectivity index is 4.85. The summed E-state index contributed by atoms with van der Waals surface area (Å²) >= 11 is 0. The lowest BCUT2D eigenvalue weighted by Gasteiger charge is -2.28. The fourth-order valence-electron chi connectivity index (χ4n) is 0.946. The highest BCUT2D eigenvalue weighted by molar-refractivity contribution is 5.87. The zero-order valence-corrected chi connectivity index (χ0v) is 9.18. The summed E-state index contributed by atoms with van der Waals surface area (Å²) in [5, 5.41) is 10.0. The van der Waals surface area contributed by atoms with Crippen molar-refractivity contribution >= 4 is 11.9 Å². The molecule has 0 aromatic heterocycles. The molecule has 0 aliphatic carbocycles. The van der Waals surface area contributed by atoms with Gasteiger partial charge in [0.1, 0.15) is 0 Å². The summed E-state index contributed by atoms with van der Waals surface area (Å²) in [4.78, 5) is 21.7. The SMILES string of the molecule is CC(C)CC(=O)NC(C)(C(=O)O)C(F)(F)F. The fraction of sp³-hybridized carbons (Fsp3) is 0.778. The number of alkyl halides is 3. The summed E-state index contributed by atoms with van der Waals surface area (Å²) in [5.74, 6) is -3.21. The van der Waals surface area contributed by atoms with Gasteiger partial charge in [-0.15, -0.1) is 0 Å². The van der Waals surface area contributed by atoms with Crippen LogP contribution in [-0.4, -0.2) is 28.7 Å². The second-order valence-electron chi connectivity index (χ2n) is 4.07. The normalized spacial score (nSPS) is 15.7. The fourth-order valence-corrected chi connectivity index (χ4v) is 0.946. The van der Waals surface area contributed by atoms with Gasteiger partial charge in [-0.05, 0) is 12.8 Å². The summed E-state index contributed by atoms with van der Waals surface area (Å²) in [7, 11) is 0. The number of nitrogens with one attached hydrogen (secondary N) is 1. The summed E-state index contributed by atoms with van der Waals surface area (Å²) < 4.78 is 37.4. The third-order valence-electron chi connectivity index (χ3n) is 1.98. The molecular weight excluding hydrogens is 227 g/mol. The largest absolute Gasteiger partial charge is 0.479 e. The molecule has 0 spiro atoms. The van der Waals surface area contributed by atoms with Crippen LogP contribution in [0.15, 0.2) is 0 Å². The number of rotatable bonds is 4. The van der Waals surface area contributed by atoms with E-state index in [1.54, 1.807) is 13.8 Å². The minimum Gasteiger partial charge on any atom is -0.479 e. The average molecular weight is 241 g/mol. The molecule has 0 radical (unpaired) electrons. The van der Waals surface area contributed by atoms with Gasteiger partial charge >= 0.3 is 12.1 Å². The predicted octanol–water partition coefficient (Wildman–Crippen LogP) is 1.55. The predicted molar refractivity (Wildman–Crippen MR) is 49.7 cm³/mol. The molecule has 94 valence electrons. The Morgan fingerprint density at radius 2 is 1.75 bits per heavy atom. The molecule has 0 saturated heterocycles. The van der Waals surface area contributed by atoms with Gasteiger partial charge in [0.05, 0.1) is 0 Å². The zero-order chi connectivity index (χ0) is 13.1. The molecule has 0 aromatic rings. The monoisotopic (exact) mass is 241 g/mol. The summed E-state index contributed by atoms with van der Waals surface area (Å²) in [6, 6.07) is 0. The molecule has 2 N–H and O–H groups in total. The first-order valence-electron chi connectivity index (χ1n) is 4.62. The first kappa shape index (κ1) is 14.7. The molecule has 0 aliphatic heterocycles. The van der Waals surface area contributed by atoms with Gasteiger partial charge in [-0.25, -0.2) is 4.79 Å². The minimum atomic E-state index is -5.04. The molecule has 1 atom stereocenters. The summed E-state index contributed by atoms with van der Waals surface area (Å²) in [5.41, 5.74) is -3.24. The lowest BCUT2D eigenvalue weighted by molar-refractivity contribution is -0.207. The van der Waals surface area contributed by atoms with Crippen LogP contribution >= 0.6 is 0 Å². The molecule has 0 saturated carbocycles. The molecule has 0 bridgehead atoms. The van der Waals surface area contributed by atoms with Crippen molar-refractivity contribution < 1.29 is 27.9 Å². The van der Waals surface area contributed by atoms with E-state index in [-0.39, 0.29) is 12.3 Å². The maximum atomic E-state index is 12.5. The third-order valence-corrected chi connectivity index (χ3v) is 1.98. The quantitative estimate of drug-likeness (QED) is 0.784. The van der Waals surface area contributed by atoms with E-state index in [4.69, 9.17) is 5.11 Å². The van der Waals surface area contributed by atoms with Gasteiger partial charge in [0.25, 0.3) is 0 Å². The van der Waals surface area contributed by atoms with E-state index in [1.165, 1.54) is 5.32 Å². The van der Waals surface area contributed by atoms with Crippen LogP contribution in [0.1, 0.15) is 27.2 Å². The van der Waals surface area contributed by atoms with Crippen LogP contribution in [0.25, 0.3) is 0 Å². The Hall–Kier alpha value is -1.27. The van der Waals surface area contributed by atoms with Gasteiger partial charge in [0.2, 0.25) is 11.4 Å².